The maximum absolute atomic E-state index is 13.2. The van der Waals surface area contributed by atoms with Gasteiger partial charge in [0, 0.05) is 24.7 Å². The van der Waals surface area contributed by atoms with Crippen molar-refractivity contribution in [3.05, 3.63) is 83.7 Å². The number of aromatic nitrogens is 1. The third kappa shape index (κ3) is 4.47. The van der Waals surface area contributed by atoms with E-state index in [0.29, 0.717) is 13.0 Å². The van der Waals surface area contributed by atoms with Gasteiger partial charge in [-0.3, -0.25) is 14.9 Å². The Morgan fingerprint density at radius 3 is 2.37 bits per heavy atom. The van der Waals surface area contributed by atoms with Crippen LogP contribution in [0.1, 0.15) is 46.8 Å². The summed E-state index contributed by atoms with van der Waals surface area (Å²) < 4.78 is 5.60. The monoisotopic (exact) mass is 471 g/mol. The van der Waals surface area contributed by atoms with Crippen molar-refractivity contribution in [3.8, 4) is 11.1 Å². The Hall–Kier alpha value is -4.20. The average Bonchev–Trinajstić information content (AvgIpc) is 3.44. The number of carbonyl (C=O) groups is 3. The number of rotatable bonds is 6. The van der Waals surface area contributed by atoms with Gasteiger partial charge in [-0.1, -0.05) is 48.5 Å². The van der Waals surface area contributed by atoms with Crippen LogP contribution in [0.3, 0.4) is 0 Å². The lowest BCUT2D eigenvalue weighted by Crippen LogP contribution is -2.37. The van der Waals surface area contributed by atoms with Gasteiger partial charge in [0.25, 0.3) is 5.91 Å². The molecule has 1 aromatic heterocycles. The van der Waals surface area contributed by atoms with Crippen molar-refractivity contribution in [3.63, 3.8) is 0 Å². The second-order valence-corrected chi connectivity index (χ2v) is 8.74. The zero-order chi connectivity index (χ0) is 24.4. The van der Waals surface area contributed by atoms with Crippen LogP contribution in [0.4, 0.5) is 10.5 Å². The van der Waals surface area contributed by atoms with E-state index in [1.54, 1.807) is 12.1 Å². The van der Waals surface area contributed by atoms with E-state index in [2.05, 4.69) is 22.4 Å². The lowest BCUT2D eigenvalue weighted by molar-refractivity contribution is -0.137. The van der Waals surface area contributed by atoms with Gasteiger partial charge in [0.15, 0.2) is 5.69 Å². The summed E-state index contributed by atoms with van der Waals surface area (Å²) in [6.07, 6.45) is 2.02. The minimum atomic E-state index is -0.951. The van der Waals surface area contributed by atoms with Gasteiger partial charge < -0.3 is 14.7 Å². The number of ether oxygens (including phenoxy) is 1. The lowest BCUT2D eigenvalue weighted by Gasteiger charge is -2.24. The number of nitrogens with zero attached hydrogens (tertiary/aromatic N) is 2. The molecule has 1 saturated heterocycles. The fraction of sp³-hybridized carbons (Fsp3) is 0.259. The fourth-order valence-corrected chi connectivity index (χ4v) is 5.07. The van der Waals surface area contributed by atoms with Crippen LogP contribution in [0, 0.1) is 0 Å². The third-order valence-electron chi connectivity index (χ3n) is 6.64. The van der Waals surface area contributed by atoms with E-state index in [1.165, 1.54) is 11.1 Å². The molecule has 0 spiro atoms. The number of hydrogen-bond donors (Lipinski definition) is 2. The average molecular weight is 472 g/mol. The zero-order valence-corrected chi connectivity index (χ0v) is 19.0. The Labute approximate surface area is 202 Å². The molecule has 1 aliphatic carbocycles. The first kappa shape index (κ1) is 22.6. The van der Waals surface area contributed by atoms with Crippen LogP contribution in [0.5, 0.6) is 0 Å². The van der Waals surface area contributed by atoms with E-state index >= 15 is 0 Å². The summed E-state index contributed by atoms with van der Waals surface area (Å²) in [5.41, 5.74) is 4.79. The number of benzene rings is 2. The first-order chi connectivity index (χ1) is 17.0. The Balaban J connectivity index is 1.29. The van der Waals surface area contributed by atoms with Gasteiger partial charge in [0.05, 0.1) is 12.1 Å². The Bertz CT molecular complexity index is 1250. The summed E-state index contributed by atoms with van der Waals surface area (Å²) in [5, 5.41) is 11.8. The molecule has 2 aromatic carbocycles. The Morgan fingerprint density at radius 1 is 1.00 bits per heavy atom. The number of carbonyl (C=O) groups excluding carboxylic acids is 2. The molecule has 3 aromatic rings. The number of carboxylic acid groups (broad SMARTS) is 1. The molecule has 8 nitrogen and oxygen atoms in total. The predicted octanol–water partition coefficient (Wildman–Crippen LogP) is 4.52. The quantitative estimate of drug-likeness (QED) is 0.547. The van der Waals surface area contributed by atoms with Gasteiger partial charge in [-0.05, 0) is 47.2 Å². The van der Waals surface area contributed by atoms with Gasteiger partial charge in [0.2, 0.25) is 0 Å². The summed E-state index contributed by atoms with van der Waals surface area (Å²) >= 11 is 0. The molecular formula is C27H25N3O5. The van der Waals surface area contributed by atoms with E-state index in [9.17, 15) is 14.4 Å². The number of aliphatic carboxylic acids is 1. The van der Waals surface area contributed by atoms with Crippen molar-refractivity contribution < 1.29 is 24.2 Å². The highest BCUT2D eigenvalue weighted by molar-refractivity contribution is 6.01. The number of pyridine rings is 1. The molecule has 35 heavy (non-hydrogen) atoms. The predicted molar refractivity (Wildman–Crippen MR) is 129 cm³/mol. The molecule has 0 saturated carbocycles. The van der Waals surface area contributed by atoms with Crippen LogP contribution in [0.25, 0.3) is 11.1 Å². The minimum Gasteiger partial charge on any atom is -0.481 e. The van der Waals surface area contributed by atoms with Crippen molar-refractivity contribution in [2.75, 3.05) is 18.5 Å². The largest absolute Gasteiger partial charge is 0.481 e. The molecule has 2 N–H and O–H groups in total. The number of fused-ring (bicyclic) bond motifs is 3. The molecule has 5 rings (SSSR count). The normalized spacial score (nSPS) is 16.5. The van der Waals surface area contributed by atoms with Gasteiger partial charge >= 0.3 is 12.1 Å². The topological polar surface area (TPSA) is 109 Å². The smallest absolute Gasteiger partial charge is 0.411 e. The maximum Gasteiger partial charge on any atom is 0.411 e. The van der Waals surface area contributed by atoms with E-state index < -0.39 is 18.0 Å². The fourth-order valence-electron chi connectivity index (χ4n) is 5.07. The standard InChI is InChI=1S/C27H25N3O5/c31-24(32)15-17-7-6-14-30(17)26(33)25-23(12-5-13-28-25)29-27(34)35-16-22-20-10-3-1-8-18(20)19-9-2-4-11-21(19)22/h1-5,8-13,17,22H,6-7,14-16H2,(H,29,34)(H,31,32). The number of anilines is 1. The molecule has 2 aliphatic rings. The first-order valence-electron chi connectivity index (χ1n) is 11.6. The third-order valence-corrected chi connectivity index (χ3v) is 6.64. The van der Waals surface area contributed by atoms with Crippen LogP contribution in [0.2, 0.25) is 0 Å². The van der Waals surface area contributed by atoms with Gasteiger partial charge in [0.1, 0.15) is 6.61 Å². The van der Waals surface area contributed by atoms with E-state index in [1.807, 2.05) is 36.4 Å². The zero-order valence-electron chi connectivity index (χ0n) is 19.0. The molecular weight excluding hydrogens is 446 g/mol. The van der Waals surface area contributed by atoms with Gasteiger partial charge in [-0.25, -0.2) is 9.78 Å². The van der Waals surface area contributed by atoms with Crippen LogP contribution in [0.15, 0.2) is 66.9 Å². The highest BCUT2D eigenvalue weighted by Crippen LogP contribution is 2.44. The van der Waals surface area contributed by atoms with Crippen molar-refractivity contribution in [1.82, 2.24) is 9.88 Å². The number of likely N-dealkylation sites (tertiary alicyclic amines) is 1. The van der Waals surface area contributed by atoms with Crippen LogP contribution in [-0.4, -0.2) is 52.2 Å². The second kappa shape index (κ2) is 9.58. The minimum absolute atomic E-state index is 0.0679. The first-order valence-corrected chi connectivity index (χ1v) is 11.6. The molecule has 1 atom stereocenters. The Kier molecular flexibility index (Phi) is 6.18. The van der Waals surface area contributed by atoms with Gasteiger partial charge in [-0.2, -0.15) is 0 Å². The molecule has 2 heterocycles. The molecule has 1 unspecified atom stereocenters. The maximum atomic E-state index is 13.2. The Morgan fingerprint density at radius 2 is 1.69 bits per heavy atom. The van der Waals surface area contributed by atoms with Crippen LogP contribution in [-0.2, 0) is 9.53 Å². The van der Waals surface area contributed by atoms with Crippen molar-refractivity contribution in [1.29, 1.82) is 0 Å². The SMILES string of the molecule is O=C(O)CC1CCCN1C(=O)c1ncccc1NC(=O)OCC1c2ccccc2-c2ccccc21. The highest BCUT2D eigenvalue weighted by Gasteiger charge is 2.33. The summed E-state index contributed by atoms with van der Waals surface area (Å²) in [7, 11) is 0. The molecule has 1 fully saturated rings. The summed E-state index contributed by atoms with van der Waals surface area (Å²) in [6, 6.07) is 19.0. The van der Waals surface area contributed by atoms with E-state index in [0.717, 1.165) is 28.7 Å². The number of nitrogens with one attached hydrogen (secondary N) is 1. The van der Waals surface area contributed by atoms with Gasteiger partial charge in [-0.15, -0.1) is 0 Å². The molecule has 0 bridgehead atoms. The molecule has 1 aliphatic heterocycles. The summed E-state index contributed by atoms with van der Waals surface area (Å²) in [6.45, 7) is 0.605. The summed E-state index contributed by atoms with van der Waals surface area (Å²) in [4.78, 5) is 42.8. The van der Waals surface area contributed by atoms with Crippen molar-refractivity contribution in [2.45, 2.75) is 31.2 Å². The van der Waals surface area contributed by atoms with E-state index in [4.69, 9.17) is 9.84 Å². The van der Waals surface area contributed by atoms with Crippen molar-refractivity contribution in [2.24, 2.45) is 0 Å². The number of hydrogen-bond acceptors (Lipinski definition) is 5. The van der Waals surface area contributed by atoms with Crippen molar-refractivity contribution >= 4 is 23.7 Å². The highest BCUT2D eigenvalue weighted by atomic mass is 16.5. The lowest BCUT2D eigenvalue weighted by atomic mass is 9.98. The second-order valence-electron chi connectivity index (χ2n) is 8.74. The molecule has 178 valence electrons. The molecule has 2 amide bonds. The van der Waals surface area contributed by atoms with Crippen LogP contribution < -0.4 is 5.32 Å². The molecule has 0 radical (unpaired) electrons. The van der Waals surface area contributed by atoms with Crippen LogP contribution >= 0.6 is 0 Å². The van der Waals surface area contributed by atoms with E-state index in [-0.39, 0.29) is 36.4 Å². The number of carboxylic acids is 1. The number of amides is 2. The summed E-state index contributed by atoms with van der Waals surface area (Å²) in [5.74, 6) is -1.43. The molecule has 8 heteroatoms.